The van der Waals surface area contributed by atoms with Gasteiger partial charge < -0.3 is 10.2 Å². The molecular formula is C22H15NO. The van der Waals surface area contributed by atoms with Gasteiger partial charge in [0.05, 0.1) is 6.26 Å². The van der Waals surface area contributed by atoms with Gasteiger partial charge in [-0.15, -0.1) is 0 Å². The standard InChI is InChI=1S/C22H15NO/c23-15-10-11-17-19(12-15)16-8-4-5-9-18(16)22-21(17)20(13-24-22)14-6-2-1-3-7-14/h1-13H,23H2. The average molecular weight is 309 g/mol. The van der Waals surface area contributed by atoms with Crippen molar-refractivity contribution in [2.45, 2.75) is 0 Å². The van der Waals surface area contributed by atoms with Crippen molar-refractivity contribution in [1.82, 2.24) is 0 Å². The fourth-order valence-corrected chi connectivity index (χ4v) is 3.57. The Balaban J connectivity index is 2.05. The van der Waals surface area contributed by atoms with E-state index in [9.17, 15) is 0 Å². The van der Waals surface area contributed by atoms with Crippen molar-refractivity contribution in [2.24, 2.45) is 0 Å². The molecule has 0 aliphatic rings. The number of nitrogens with two attached hydrogens (primary N) is 1. The van der Waals surface area contributed by atoms with Crippen LogP contribution in [-0.2, 0) is 0 Å². The zero-order chi connectivity index (χ0) is 16.1. The van der Waals surface area contributed by atoms with Crippen LogP contribution in [0.15, 0.2) is 83.5 Å². The summed E-state index contributed by atoms with van der Waals surface area (Å²) in [6, 6.07) is 24.8. The average Bonchev–Trinajstić information content (AvgIpc) is 3.08. The van der Waals surface area contributed by atoms with Crippen molar-refractivity contribution in [3.8, 4) is 11.1 Å². The van der Waals surface area contributed by atoms with Gasteiger partial charge in [-0.3, -0.25) is 0 Å². The van der Waals surface area contributed by atoms with Gasteiger partial charge in [0.25, 0.3) is 0 Å². The third kappa shape index (κ3) is 1.77. The van der Waals surface area contributed by atoms with E-state index in [0.717, 1.165) is 38.6 Å². The fourth-order valence-electron chi connectivity index (χ4n) is 3.57. The molecule has 0 radical (unpaired) electrons. The minimum atomic E-state index is 0.775. The molecule has 2 heteroatoms. The van der Waals surface area contributed by atoms with Gasteiger partial charge in [-0.2, -0.15) is 0 Å². The molecule has 0 aliphatic heterocycles. The molecule has 1 heterocycles. The van der Waals surface area contributed by atoms with Crippen molar-refractivity contribution < 1.29 is 4.42 Å². The van der Waals surface area contributed by atoms with E-state index < -0.39 is 0 Å². The lowest BCUT2D eigenvalue weighted by molar-refractivity contribution is 0.620. The van der Waals surface area contributed by atoms with Crippen LogP contribution in [0, 0.1) is 0 Å². The van der Waals surface area contributed by atoms with Crippen LogP contribution in [0.1, 0.15) is 0 Å². The molecule has 1 aromatic heterocycles. The second-order valence-electron chi connectivity index (χ2n) is 6.07. The Morgan fingerprint density at radius 3 is 2.25 bits per heavy atom. The van der Waals surface area contributed by atoms with Crippen LogP contribution < -0.4 is 5.73 Å². The summed E-state index contributed by atoms with van der Waals surface area (Å²) < 4.78 is 6.02. The Morgan fingerprint density at radius 1 is 0.667 bits per heavy atom. The summed E-state index contributed by atoms with van der Waals surface area (Å²) in [6.45, 7) is 0. The van der Waals surface area contributed by atoms with Crippen LogP contribution in [-0.4, -0.2) is 0 Å². The van der Waals surface area contributed by atoms with E-state index in [1.807, 2.05) is 24.5 Å². The first kappa shape index (κ1) is 13.2. The van der Waals surface area contributed by atoms with Crippen LogP contribution in [0.2, 0.25) is 0 Å². The summed E-state index contributed by atoms with van der Waals surface area (Å²) in [5, 5.41) is 5.77. The van der Waals surface area contributed by atoms with E-state index in [4.69, 9.17) is 10.2 Å². The number of anilines is 1. The molecule has 0 spiro atoms. The van der Waals surface area contributed by atoms with E-state index in [-0.39, 0.29) is 0 Å². The molecule has 114 valence electrons. The number of hydrogen-bond donors (Lipinski definition) is 1. The van der Waals surface area contributed by atoms with Crippen molar-refractivity contribution in [1.29, 1.82) is 0 Å². The lowest BCUT2D eigenvalue weighted by atomic mass is 9.94. The molecule has 0 unspecified atom stereocenters. The Hall–Kier alpha value is -3.26. The van der Waals surface area contributed by atoms with E-state index in [1.54, 1.807) is 0 Å². The molecule has 0 atom stereocenters. The highest BCUT2D eigenvalue weighted by Crippen LogP contribution is 2.41. The van der Waals surface area contributed by atoms with Crippen molar-refractivity contribution >= 4 is 38.2 Å². The molecule has 2 nitrogen and oxygen atoms in total. The predicted molar refractivity (Wildman–Crippen MR) is 101 cm³/mol. The minimum absolute atomic E-state index is 0.775. The molecule has 0 amide bonds. The molecule has 5 rings (SSSR count). The predicted octanol–water partition coefficient (Wildman–Crippen LogP) is 5.99. The third-order valence-corrected chi connectivity index (χ3v) is 4.65. The molecule has 0 saturated heterocycles. The first-order valence-corrected chi connectivity index (χ1v) is 7.99. The number of rotatable bonds is 1. The Kier molecular flexibility index (Phi) is 2.68. The zero-order valence-corrected chi connectivity index (χ0v) is 13.0. The summed E-state index contributed by atoms with van der Waals surface area (Å²) in [5.41, 5.74) is 10.0. The summed E-state index contributed by atoms with van der Waals surface area (Å²) in [7, 11) is 0. The van der Waals surface area contributed by atoms with Gasteiger partial charge >= 0.3 is 0 Å². The molecule has 2 N–H and O–H groups in total. The fraction of sp³-hybridized carbons (Fsp3) is 0. The molecule has 0 saturated carbocycles. The van der Waals surface area contributed by atoms with Crippen LogP contribution in [0.4, 0.5) is 5.69 Å². The number of fused-ring (bicyclic) bond motifs is 6. The Labute approximate surface area is 139 Å². The molecular weight excluding hydrogens is 294 g/mol. The maximum atomic E-state index is 6.06. The molecule has 4 aromatic carbocycles. The minimum Gasteiger partial charge on any atom is -0.463 e. The van der Waals surface area contributed by atoms with Crippen molar-refractivity contribution in [3.63, 3.8) is 0 Å². The first-order valence-electron chi connectivity index (χ1n) is 7.99. The second kappa shape index (κ2) is 4.87. The van der Waals surface area contributed by atoms with E-state index in [0.29, 0.717) is 0 Å². The van der Waals surface area contributed by atoms with E-state index >= 15 is 0 Å². The summed E-state index contributed by atoms with van der Waals surface area (Å²) >= 11 is 0. The number of furan rings is 1. The molecule has 24 heavy (non-hydrogen) atoms. The maximum Gasteiger partial charge on any atom is 0.142 e. The van der Waals surface area contributed by atoms with Gasteiger partial charge in [-0.25, -0.2) is 0 Å². The van der Waals surface area contributed by atoms with Gasteiger partial charge in [-0.05, 0) is 33.9 Å². The lowest BCUT2D eigenvalue weighted by Gasteiger charge is -2.08. The smallest absolute Gasteiger partial charge is 0.142 e. The maximum absolute atomic E-state index is 6.06. The van der Waals surface area contributed by atoms with Gasteiger partial charge in [0.15, 0.2) is 0 Å². The van der Waals surface area contributed by atoms with Gasteiger partial charge in [0.1, 0.15) is 5.58 Å². The van der Waals surface area contributed by atoms with E-state index in [1.165, 1.54) is 10.8 Å². The molecule has 0 aliphatic carbocycles. The summed E-state index contributed by atoms with van der Waals surface area (Å²) in [5.74, 6) is 0. The first-order chi connectivity index (χ1) is 11.8. The summed E-state index contributed by atoms with van der Waals surface area (Å²) in [6.07, 6.45) is 1.86. The topological polar surface area (TPSA) is 39.2 Å². The normalized spacial score (nSPS) is 11.5. The third-order valence-electron chi connectivity index (χ3n) is 4.65. The van der Waals surface area contributed by atoms with Crippen molar-refractivity contribution in [3.05, 3.63) is 79.1 Å². The highest BCUT2D eigenvalue weighted by Gasteiger charge is 2.16. The second-order valence-corrected chi connectivity index (χ2v) is 6.07. The molecule has 0 bridgehead atoms. The monoisotopic (exact) mass is 309 g/mol. The SMILES string of the molecule is Nc1ccc2c(c1)c1ccccc1c1occ(-c3ccccc3)c21. The molecule has 5 aromatic rings. The van der Waals surface area contributed by atoms with E-state index in [2.05, 4.69) is 54.6 Å². The number of benzene rings is 4. The van der Waals surface area contributed by atoms with Gasteiger partial charge in [0, 0.05) is 22.0 Å². The number of nitrogen functional groups attached to an aromatic ring is 1. The quantitative estimate of drug-likeness (QED) is 0.305. The van der Waals surface area contributed by atoms with Crippen LogP contribution in [0.5, 0.6) is 0 Å². The van der Waals surface area contributed by atoms with Gasteiger partial charge in [-0.1, -0.05) is 60.7 Å². The molecule has 0 fully saturated rings. The summed E-state index contributed by atoms with van der Waals surface area (Å²) in [4.78, 5) is 0. The Morgan fingerprint density at radius 2 is 1.42 bits per heavy atom. The van der Waals surface area contributed by atoms with Crippen molar-refractivity contribution in [2.75, 3.05) is 5.73 Å². The highest BCUT2D eigenvalue weighted by molar-refractivity contribution is 6.27. The van der Waals surface area contributed by atoms with Crippen LogP contribution in [0.3, 0.4) is 0 Å². The van der Waals surface area contributed by atoms with Crippen LogP contribution in [0.25, 0.3) is 43.6 Å². The number of hydrogen-bond acceptors (Lipinski definition) is 2. The lowest BCUT2D eigenvalue weighted by Crippen LogP contribution is -1.86. The zero-order valence-electron chi connectivity index (χ0n) is 13.0. The largest absolute Gasteiger partial charge is 0.463 e. The van der Waals surface area contributed by atoms with Crippen LogP contribution >= 0.6 is 0 Å². The highest BCUT2D eigenvalue weighted by atomic mass is 16.3. The Bertz CT molecular complexity index is 1200. The van der Waals surface area contributed by atoms with Gasteiger partial charge in [0.2, 0.25) is 0 Å².